The van der Waals surface area contributed by atoms with Gasteiger partial charge in [-0.25, -0.2) is 4.98 Å². The number of nitrogens with one attached hydrogen (secondary N) is 2. The minimum Gasteiger partial charge on any atom is -0.352 e. The third kappa shape index (κ3) is 5.27. The number of hydrogen-bond acceptors (Lipinski definition) is 4. The monoisotopic (exact) mass is 271 g/mol. The molecule has 0 aliphatic heterocycles. The highest BCUT2D eigenvalue weighted by molar-refractivity contribution is 7.17. The summed E-state index contributed by atoms with van der Waals surface area (Å²) in [6, 6.07) is 0. The van der Waals surface area contributed by atoms with Gasteiger partial charge in [0, 0.05) is 12.5 Å². The van der Waals surface area contributed by atoms with Crippen molar-refractivity contribution < 1.29 is 9.59 Å². The summed E-state index contributed by atoms with van der Waals surface area (Å²) in [6.07, 6.45) is 1.46. The lowest BCUT2D eigenvalue weighted by Crippen LogP contribution is -2.21. The molecule has 0 radical (unpaired) electrons. The van der Waals surface area contributed by atoms with E-state index in [1.165, 1.54) is 17.5 Å². The maximum absolute atomic E-state index is 11.4. The average Bonchev–Trinajstić information content (AvgIpc) is 2.80. The molecule has 2 N–H and O–H groups in total. The fourth-order valence-corrected chi connectivity index (χ4v) is 1.67. The maximum Gasteiger partial charge on any atom is 0.263 e. The Morgan fingerprint density at radius 1 is 1.39 bits per heavy atom. The van der Waals surface area contributed by atoms with Gasteiger partial charge in [-0.05, 0) is 6.92 Å². The van der Waals surface area contributed by atoms with Crippen molar-refractivity contribution in [1.82, 2.24) is 10.3 Å². The van der Waals surface area contributed by atoms with Gasteiger partial charge in [-0.3, -0.25) is 9.59 Å². The van der Waals surface area contributed by atoms with Crippen LogP contribution in [0.2, 0.25) is 0 Å². The Balaban J connectivity index is 0.00000137. The van der Waals surface area contributed by atoms with E-state index in [9.17, 15) is 9.59 Å². The third-order valence-corrected chi connectivity index (χ3v) is 2.73. The van der Waals surface area contributed by atoms with Crippen LogP contribution in [-0.2, 0) is 4.79 Å². The molecule has 0 bridgehead atoms. The molecule has 1 rings (SSSR count). The Labute approximate surface area is 112 Å². The van der Waals surface area contributed by atoms with Gasteiger partial charge in [-0.1, -0.05) is 39.0 Å². The number of anilines is 1. The van der Waals surface area contributed by atoms with Gasteiger partial charge in [0.15, 0.2) is 5.13 Å². The van der Waals surface area contributed by atoms with Crippen LogP contribution in [-0.4, -0.2) is 23.3 Å². The zero-order valence-corrected chi connectivity index (χ0v) is 12.4. The van der Waals surface area contributed by atoms with Crippen LogP contribution >= 0.6 is 11.3 Å². The van der Waals surface area contributed by atoms with Crippen molar-refractivity contribution in [2.75, 3.05) is 11.9 Å². The molecule has 0 saturated carbocycles. The molecule has 0 aliphatic carbocycles. The highest BCUT2D eigenvalue weighted by Crippen LogP contribution is 2.18. The first kappa shape index (κ1) is 16.6. The smallest absolute Gasteiger partial charge is 0.263 e. The summed E-state index contributed by atoms with van der Waals surface area (Å²) in [6.45, 7) is 10.0. The second-order valence-electron chi connectivity index (χ2n) is 3.53. The number of amides is 2. The Morgan fingerprint density at radius 2 is 2.00 bits per heavy atom. The molecular formula is C12H21N3O2S. The molecule has 2 amide bonds. The van der Waals surface area contributed by atoms with Crippen molar-refractivity contribution >= 4 is 28.3 Å². The summed E-state index contributed by atoms with van der Waals surface area (Å²) < 4.78 is 0. The van der Waals surface area contributed by atoms with E-state index >= 15 is 0 Å². The molecule has 0 spiro atoms. The van der Waals surface area contributed by atoms with E-state index in [-0.39, 0.29) is 17.7 Å². The van der Waals surface area contributed by atoms with Crippen molar-refractivity contribution in [3.8, 4) is 0 Å². The minimum absolute atomic E-state index is 0.100. The van der Waals surface area contributed by atoms with Crippen LogP contribution in [0.4, 0.5) is 5.13 Å². The molecule has 0 unspecified atom stereocenters. The Morgan fingerprint density at radius 3 is 2.50 bits per heavy atom. The van der Waals surface area contributed by atoms with Crippen LogP contribution in [0.5, 0.6) is 0 Å². The van der Waals surface area contributed by atoms with Crippen LogP contribution in [0.1, 0.15) is 44.3 Å². The van der Waals surface area contributed by atoms with Gasteiger partial charge in [0.1, 0.15) is 4.88 Å². The summed E-state index contributed by atoms with van der Waals surface area (Å²) >= 11 is 1.17. The zero-order valence-electron chi connectivity index (χ0n) is 11.5. The lowest BCUT2D eigenvalue weighted by atomic mass is 10.2. The quantitative estimate of drug-likeness (QED) is 0.884. The van der Waals surface area contributed by atoms with Gasteiger partial charge in [-0.15, -0.1) is 0 Å². The number of carbonyl (C=O) groups excluding carboxylic acids is 2. The number of hydrogen-bond donors (Lipinski definition) is 2. The van der Waals surface area contributed by atoms with E-state index in [0.29, 0.717) is 16.6 Å². The van der Waals surface area contributed by atoms with Crippen LogP contribution < -0.4 is 10.6 Å². The standard InChI is InChI=1S/C10H15N3O2S.C2H6/c1-4-11-9(15)7-5-12-10(16-7)13-8(14)6(2)3;1-2/h5-6H,4H2,1-3H3,(H,11,15)(H,12,13,14);1-2H3. The predicted octanol–water partition coefficient (Wildman–Crippen LogP) is 2.51. The molecule has 102 valence electrons. The highest BCUT2D eigenvalue weighted by Gasteiger charge is 2.12. The van der Waals surface area contributed by atoms with Gasteiger partial charge >= 0.3 is 0 Å². The number of nitrogens with zero attached hydrogens (tertiary/aromatic N) is 1. The first-order chi connectivity index (χ1) is 8.54. The van der Waals surface area contributed by atoms with E-state index < -0.39 is 0 Å². The molecule has 0 fully saturated rings. The second kappa shape index (κ2) is 8.63. The number of carbonyl (C=O) groups is 2. The second-order valence-corrected chi connectivity index (χ2v) is 4.56. The summed E-state index contributed by atoms with van der Waals surface area (Å²) in [4.78, 5) is 27.3. The molecule has 0 atom stereocenters. The van der Waals surface area contributed by atoms with E-state index in [2.05, 4.69) is 15.6 Å². The largest absolute Gasteiger partial charge is 0.352 e. The molecular weight excluding hydrogens is 250 g/mol. The number of thiazole rings is 1. The SMILES string of the molecule is CC.CCNC(=O)c1cnc(NC(=O)C(C)C)s1. The van der Waals surface area contributed by atoms with E-state index in [4.69, 9.17) is 0 Å². The minimum atomic E-state index is -0.162. The number of aromatic nitrogens is 1. The molecule has 0 aliphatic rings. The van der Waals surface area contributed by atoms with Crippen LogP contribution in [0, 0.1) is 5.92 Å². The summed E-state index contributed by atoms with van der Waals surface area (Å²) in [5, 5.41) is 5.78. The molecule has 0 saturated heterocycles. The van der Waals surface area contributed by atoms with Crippen LogP contribution in [0.3, 0.4) is 0 Å². The third-order valence-electron chi connectivity index (χ3n) is 1.82. The predicted molar refractivity (Wildman–Crippen MR) is 74.9 cm³/mol. The van der Waals surface area contributed by atoms with Gasteiger partial charge in [-0.2, -0.15) is 0 Å². The normalized spacial score (nSPS) is 9.44. The van der Waals surface area contributed by atoms with Crippen molar-refractivity contribution in [3.63, 3.8) is 0 Å². The molecule has 1 heterocycles. The van der Waals surface area contributed by atoms with Gasteiger partial charge < -0.3 is 10.6 Å². The lowest BCUT2D eigenvalue weighted by molar-refractivity contribution is -0.118. The van der Waals surface area contributed by atoms with Gasteiger partial charge in [0.05, 0.1) is 6.20 Å². The first-order valence-corrected chi connectivity index (χ1v) is 6.91. The van der Waals surface area contributed by atoms with Crippen molar-refractivity contribution in [3.05, 3.63) is 11.1 Å². The molecule has 1 aromatic heterocycles. The zero-order chi connectivity index (χ0) is 14.1. The van der Waals surface area contributed by atoms with E-state index in [1.807, 2.05) is 20.8 Å². The Bertz CT molecular complexity index is 388. The van der Waals surface area contributed by atoms with E-state index in [1.54, 1.807) is 13.8 Å². The molecule has 5 nitrogen and oxygen atoms in total. The molecule has 1 aromatic rings. The summed E-state index contributed by atoms with van der Waals surface area (Å²) in [7, 11) is 0. The lowest BCUT2D eigenvalue weighted by Gasteiger charge is -2.03. The fraction of sp³-hybridized carbons (Fsp3) is 0.583. The average molecular weight is 271 g/mol. The fourth-order valence-electron chi connectivity index (χ4n) is 0.934. The molecule has 18 heavy (non-hydrogen) atoms. The van der Waals surface area contributed by atoms with Crippen LogP contribution in [0.15, 0.2) is 6.20 Å². The maximum atomic E-state index is 11.4. The molecule has 0 aromatic carbocycles. The Hall–Kier alpha value is -1.43. The summed E-state index contributed by atoms with van der Waals surface area (Å²) in [5.74, 6) is -0.362. The van der Waals surface area contributed by atoms with Crippen molar-refractivity contribution in [2.45, 2.75) is 34.6 Å². The Kier molecular flexibility index (Phi) is 7.94. The first-order valence-electron chi connectivity index (χ1n) is 6.09. The van der Waals surface area contributed by atoms with Gasteiger partial charge in [0.25, 0.3) is 5.91 Å². The topological polar surface area (TPSA) is 71.1 Å². The highest BCUT2D eigenvalue weighted by atomic mass is 32.1. The van der Waals surface area contributed by atoms with Crippen LogP contribution in [0.25, 0.3) is 0 Å². The number of rotatable bonds is 4. The summed E-state index contributed by atoms with van der Waals surface area (Å²) in [5.41, 5.74) is 0. The van der Waals surface area contributed by atoms with Crippen molar-refractivity contribution in [2.24, 2.45) is 5.92 Å². The van der Waals surface area contributed by atoms with Crippen molar-refractivity contribution in [1.29, 1.82) is 0 Å². The van der Waals surface area contributed by atoms with Gasteiger partial charge in [0.2, 0.25) is 5.91 Å². The van der Waals surface area contributed by atoms with E-state index in [0.717, 1.165) is 0 Å². The molecule has 6 heteroatoms.